The number of carbonyl (C=O) groups excluding carboxylic acids is 1. The zero-order chi connectivity index (χ0) is 16.6. The topological polar surface area (TPSA) is 26.3 Å². The average molecular weight is 429 g/mol. The molecule has 0 N–H and O–H groups in total. The number of hydrogen-bond acceptors (Lipinski definition) is 2. The van der Waals surface area contributed by atoms with Crippen LogP contribution in [0, 0.1) is 7.14 Å². The highest BCUT2D eigenvalue weighted by atomic mass is 127. The van der Waals surface area contributed by atoms with Gasteiger partial charge in [0.1, 0.15) is 6.61 Å². The van der Waals surface area contributed by atoms with Crippen molar-refractivity contribution >= 4 is 5.97 Å². The molecule has 3 aromatic rings. The van der Waals surface area contributed by atoms with Crippen LogP contribution >= 0.6 is 0 Å². The highest BCUT2D eigenvalue weighted by Gasteiger charge is 2.15. The Kier molecular flexibility index (Phi) is 6.01. The van der Waals surface area contributed by atoms with Crippen LogP contribution in [-0.4, -0.2) is 5.97 Å². The molecular weight excluding hydrogens is 411 g/mol. The van der Waals surface area contributed by atoms with Crippen LogP contribution in [0.25, 0.3) is 0 Å². The maximum atomic E-state index is 11.9. The summed E-state index contributed by atoms with van der Waals surface area (Å²) in [6.45, 7) is 0.331. The quantitative estimate of drug-likeness (QED) is 0.434. The molecule has 0 amide bonds. The zero-order valence-electron chi connectivity index (χ0n) is 13.2. The van der Waals surface area contributed by atoms with Gasteiger partial charge in [-0.1, -0.05) is 60.7 Å². The molecule has 24 heavy (non-hydrogen) atoms. The summed E-state index contributed by atoms with van der Waals surface area (Å²) in [5.74, 6) is -0.190. The van der Waals surface area contributed by atoms with E-state index in [-0.39, 0.29) is 27.2 Å². The van der Waals surface area contributed by atoms with Crippen LogP contribution in [0.2, 0.25) is 0 Å². The van der Waals surface area contributed by atoms with Crippen LogP contribution in [0.5, 0.6) is 0 Å². The van der Waals surface area contributed by atoms with Crippen molar-refractivity contribution in [1.82, 2.24) is 0 Å². The molecule has 0 aliphatic heterocycles. The lowest BCUT2D eigenvalue weighted by molar-refractivity contribution is -0.597. The summed E-state index contributed by atoms with van der Waals surface area (Å²) in [7, 11) is 0. The summed E-state index contributed by atoms with van der Waals surface area (Å²) in [5.41, 5.74) is 2.00. The Morgan fingerprint density at radius 3 is 1.96 bits per heavy atom. The molecule has 3 aromatic carbocycles. The van der Waals surface area contributed by atoms with Crippen LogP contribution in [0.15, 0.2) is 84.9 Å². The molecule has 0 aliphatic carbocycles. The van der Waals surface area contributed by atoms with E-state index in [0.717, 1.165) is 11.1 Å². The van der Waals surface area contributed by atoms with Crippen molar-refractivity contribution in [1.29, 1.82) is 0 Å². The van der Waals surface area contributed by atoms with Gasteiger partial charge in [-0.25, -0.2) is 0 Å². The average Bonchev–Trinajstić information content (AvgIpc) is 2.63. The molecule has 0 unspecified atom stereocenters. The van der Waals surface area contributed by atoms with Gasteiger partial charge < -0.3 is 4.74 Å². The number of rotatable bonds is 6. The van der Waals surface area contributed by atoms with E-state index in [2.05, 4.69) is 36.4 Å². The Morgan fingerprint density at radius 2 is 1.29 bits per heavy atom. The largest absolute Gasteiger partial charge is 0.461 e. The normalized spacial score (nSPS) is 10.3. The second-order valence-electron chi connectivity index (χ2n) is 5.34. The highest BCUT2D eigenvalue weighted by molar-refractivity contribution is 5.72. The van der Waals surface area contributed by atoms with E-state index >= 15 is 0 Å². The fourth-order valence-corrected chi connectivity index (χ4v) is 4.44. The number of halogens is 1. The first-order valence-corrected chi connectivity index (χ1v) is 9.94. The number of benzene rings is 3. The van der Waals surface area contributed by atoms with Crippen molar-refractivity contribution in [3.8, 4) is 0 Å². The first-order valence-electron chi connectivity index (χ1n) is 7.78. The van der Waals surface area contributed by atoms with Crippen molar-refractivity contribution < 1.29 is 30.7 Å². The minimum atomic E-state index is -0.190. The van der Waals surface area contributed by atoms with Gasteiger partial charge in [0.2, 0.25) is 0 Å². The lowest BCUT2D eigenvalue weighted by Crippen LogP contribution is -3.61. The third kappa shape index (κ3) is 5.20. The summed E-state index contributed by atoms with van der Waals surface area (Å²) >= 11 is -0.159. The number of esters is 1. The zero-order valence-corrected chi connectivity index (χ0v) is 15.3. The molecule has 0 atom stereocenters. The molecule has 120 valence electrons. The predicted octanol–water partition coefficient (Wildman–Crippen LogP) is 1.10. The lowest BCUT2D eigenvalue weighted by Gasteiger charge is -2.04. The molecule has 0 bridgehead atoms. The standard InChI is InChI=1S/C21H18IO2/c23-21(24-16-18-7-3-1-4-8-18)15-17-11-13-20(14-12-17)22-19-9-5-2-6-10-19/h1-14H,15-16H2/q+1. The second-order valence-corrected chi connectivity index (χ2v) is 8.37. The van der Waals surface area contributed by atoms with Crippen LogP contribution in [0.1, 0.15) is 11.1 Å². The van der Waals surface area contributed by atoms with Gasteiger partial charge in [-0.15, -0.1) is 0 Å². The molecule has 3 heteroatoms. The summed E-state index contributed by atoms with van der Waals surface area (Å²) in [6, 6.07) is 28.6. The van der Waals surface area contributed by atoms with E-state index in [4.69, 9.17) is 4.74 Å². The fourth-order valence-electron chi connectivity index (χ4n) is 2.22. The maximum absolute atomic E-state index is 11.9. The Hall–Kier alpha value is -2.14. The molecule has 0 aliphatic rings. The van der Waals surface area contributed by atoms with Gasteiger partial charge in [0, 0.05) is 0 Å². The Bertz CT molecular complexity index is 768. The summed E-state index contributed by atoms with van der Waals surface area (Å²) in [6.07, 6.45) is 0.316. The second kappa shape index (κ2) is 8.64. The third-order valence-electron chi connectivity index (χ3n) is 3.46. The number of ether oxygens (including phenoxy) is 1. The first-order chi connectivity index (χ1) is 11.8. The Morgan fingerprint density at radius 1 is 0.708 bits per heavy atom. The van der Waals surface area contributed by atoms with Crippen LogP contribution < -0.4 is 21.2 Å². The van der Waals surface area contributed by atoms with E-state index in [1.807, 2.05) is 48.5 Å². The van der Waals surface area contributed by atoms with Crippen LogP contribution in [0.3, 0.4) is 0 Å². The maximum Gasteiger partial charge on any atom is 0.357 e. The molecule has 3 rings (SSSR count). The summed E-state index contributed by atoms with van der Waals surface area (Å²) < 4.78 is 8.07. The smallest absolute Gasteiger partial charge is 0.357 e. The summed E-state index contributed by atoms with van der Waals surface area (Å²) in [5, 5.41) is 0. The van der Waals surface area contributed by atoms with Gasteiger partial charge in [-0.3, -0.25) is 4.79 Å². The SMILES string of the molecule is O=C(Cc1ccc([I+]c2ccccc2)cc1)OCc1ccccc1. The molecule has 0 saturated heterocycles. The minimum Gasteiger partial charge on any atom is -0.461 e. The van der Waals surface area contributed by atoms with Crippen molar-refractivity contribution in [2.75, 3.05) is 0 Å². The Balaban J connectivity index is 1.51. The van der Waals surface area contributed by atoms with Gasteiger partial charge in [-0.2, -0.15) is 0 Å². The van der Waals surface area contributed by atoms with Gasteiger partial charge in [0.25, 0.3) is 0 Å². The summed E-state index contributed by atoms with van der Waals surface area (Å²) in [4.78, 5) is 11.9. The molecule has 0 saturated carbocycles. The molecule has 0 radical (unpaired) electrons. The van der Waals surface area contributed by atoms with E-state index < -0.39 is 0 Å². The van der Waals surface area contributed by atoms with Gasteiger partial charge in [0.05, 0.1) is 6.42 Å². The molecular formula is C21H18IO2+. The van der Waals surface area contributed by atoms with Crippen molar-refractivity contribution in [3.05, 3.63) is 103 Å². The molecule has 2 nitrogen and oxygen atoms in total. The number of hydrogen-bond donors (Lipinski definition) is 0. The van der Waals surface area contributed by atoms with E-state index in [1.54, 1.807) is 0 Å². The highest BCUT2D eigenvalue weighted by Crippen LogP contribution is 2.04. The number of carbonyl (C=O) groups is 1. The fraction of sp³-hybridized carbons (Fsp3) is 0.0952. The molecule has 0 spiro atoms. The monoisotopic (exact) mass is 429 g/mol. The van der Waals surface area contributed by atoms with Crippen LogP contribution in [0.4, 0.5) is 0 Å². The van der Waals surface area contributed by atoms with Crippen molar-refractivity contribution in [2.24, 2.45) is 0 Å². The van der Waals surface area contributed by atoms with Gasteiger partial charge in [-0.05, 0) is 35.4 Å². The minimum absolute atomic E-state index is 0.159. The van der Waals surface area contributed by atoms with Crippen molar-refractivity contribution in [2.45, 2.75) is 13.0 Å². The lowest BCUT2D eigenvalue weighted by atomic mass is 10.1. The van der Waals surface area contributed by atoms with Crippen molar-refractivity contribution in [3.63, 3.8) is 0 Å². The Labute approximate surface area is 152 Å². The first kappa shape index (κ1) is 16.7. The molecule has 0 heterocycles. The van der Waals surface area contributed by atoms with Gasteiger partial charge >= 0.3 is 27.2 Å². The van der Waals surface area contributed by atoms with E-state index in [1.165, 1.54) is 7.14 Å². The molecule has 0 aromatic heterocycles. The van der Waals surface area contributed by atoms with E-state index in [9.17, 15) is 4.79 Å². The molecule has 0 fully saturated rings. The van der Waals surface area contributed by atoms with Crippen LogP contribution in [-0.2, 0) is 22.6 Å². The van der Waals surface area contributed by atoms with E-state index in [0.29, 0.717) is 13.0 Å². The van der Waals surface area contributed by atoms with Gasteiger partial charge in [0.15, 0.2) is 7.14 Å². The third-order valence-corrected chi connectivity index (χ3v) is 6.14. The predicted molar refractivity (Wildman–Crippen MR) is 90.2 cm³/mol.